The van der Waals surface area contributed by atoms with Gasteiger partial charge in [0, 0.05) is 32.0 Å². The van der Waals surface area contributed by atoms with Gasteiger partial charge in [-0.1, -0.05) is 43.7 Å². The summed E-state index contributed by atoms with van der Waals surface area (Å²) < 4.78 is 17.0. The van der Waals surface area contributed by atoms with Crippen molar-refractivity contribution in [2.24, 2.45) is 0 Å². The summed E-state index contributed by atoms with van der Waals surface area (Å²) in [6, 6.07) is 13.7. The molecule has 3 rings (SSSR count). The van der Waals surface area contributed by atoms with Crippen molar-refractivity contribution in [3.8, 4) is 11.6 Å². The number of likely N-dealkylation sites (tertiary alicyclic amines) is 1. The van der Waals surface area contributed by atoms with E-state index in [-0.39, 0.29) is 12.2 Å². The van der Waals surface area contributed by atoms with Gasteiger partial charge in [-0.05, 0) is 18.1 Å². The van der Waals surface area contributed by atoms with Crippen molar-refractivity contribution in [1.82, 2.24) is 9.88 Å². The molecule has 1 aromatic carbocycles. The number of pyridine rings is 1. The Morgan fingerprint density at radius 1 is 1.14 bits per heavy atom. The summed E-state index contributed by atoms with van der Waals surface area (Å²) in [6.45, 7) is 4.37. The van der Waals surface area contributed by atoms with Gasteiger partial charge in [0.25, 0.3) is 0 Å². The van der Waals surface area contributed by atoms with Crippen LogP contribution in [0.3, 0.4) is 0 Å². The lowest BCUT2D eigenvalue weighted by Crippen LogP contribution is -2.42. The first-order chi connectivity index (χ1) is 13.7. The first-order valence-corrected chi connectivity index (χ1v) is 9.95. The molecule has 0 N–H and O–H groups in total. The fourth-order valence-corrected chi connectivity index (χ4v) is 2.98. The summed E-state index contributed by atoms with van der Waals surface area (Å²) in [5.41, 5.74) is 1.11. The van der Waals surface area contributed by atoms with Gasteiger partial charge in [-0.2, -0.15) is 0 Å². The van der Waals surface area contributed by atoms with Crippen LogP contribution in [0.4, 0.5) is 4.79 Å². The molecule has 1 amide bonds. The summed E-state index contributed by atoms with van der Waals surface area (Å²) in [4.78, 5) is 18.1. The summed E-state index contributed by atoms with van der Waals surface area (Å²) in [5, 5.41) is 0. The molecule has 0 aliphatic carbocycles. The molecule has 150 valence electrons. The standard InChI is InChI=1S/C22H28N2O4/c1-2-3-15-26-22(25)24-13-11-19(12-14-24)28-21-10-9-20(16-23-21)27-17-18-7-5-4-6-8-18/h4-10,16,19H,2-3,11-15,17H2,1H3. The fraction of sp³-hybridized carbons (Fsp3) is 0.455. The van der Waals surface area contributed by atoms with Gasteiger partial charge in [0.2, 0.25) is 5.88 Å². The highest BCUT2D eigenvalue weighted by atomic mass is 16.6. The molecule has 0 atom stereocenters. The molecule has 1 aromatic heterocycles. The second-order valence-corrected chi connectivity index (χ2v) is 6.88. The van der Waals surface area contributed by atoms with E-state index in [9.17, 15) is 4.79 Å². The van der Waals surface area contributed by atoms with E-state index in [0.29, 0.717) is 37.9 Å². The monoisotopic (exact) mass is 384 g/mol. The molecule has 28 heavy (non-hydrogen) atoms. The Balaban J connectivity index is 1.39. The van der Waals surface area contributed by atoms with E-state index in [1.165, 1.54) is 0 Å². The van der Waals surface area contributed by atoms with Crippen LogP contribution < -0.4 is 9.47 Å². The van der Waals surface area contributed by atoms with Gasteiger partial charge < -0.3 is 19.1 Å². The molecule has 0 unspecified atom stereocenters. The third kappa shape index (κ3) is 6.15. The number of nitrogens with zero attached hydrogens (tertiary/aromatic N) is 2. The molecule has 6 nitrogen and oxygen atoms in total. The van der Waals surface area contributed by atoms with Crippen molar-refractivity contribution >= 4 is 6.09 Å². The fourth-order valence-electron chi connectivity index (χ4n) is 2.98. The van der Waals surface area contributed by atoms with Gasteiger partial charge in [0.05, 0.1) is 12.8 Å². The first kappa shape index (κ1) is 20.0. The maximum Gasteiger partial charge on any atom is 0.409 e. The largest absolute Gasteiger partial charge is 0.487 e. The number of piperidine rings is 1. The minimum absolute atomic E-state index is 0.0586. The summed E-state index contributed by atoms with van der Waals surface area (Å²) in [5.74, 6) is 1.29. The highest BCUT2D eigenvalue weighted by molar-refractivity contribution is 5.67. The predicted octanol–water partition coefficient (Wildman–Crippen LogP) is 4.44. The Labute approximate surface area is 166 Å². The Bertz CT molecular complexity index is 713. The number of ether oxygens (including phenoxy) is 3. The zero-order valence-corrected chi connectivity index (χ0v) is 16.4. The molecule has 2 heterocycles. The maximum atomic E-state index is 12.0. The average molecular weight is 384 g/mol. The molecule has 0 radical (unpaired) electrons. The van der Waals surface area contributed by atoms with Crippen molar-refractivity contribution in [3.05, 3.63) is 54.2 Å². The number of amides is 1. The van der Waals surface area contributed by atoms with E-state index in [1.807, 2.05) is 42.5 Å². The van der Waals surface area contributed by atoms with Crippen LogP contribution in [0.5, 0.6) is 11.6 Å². The number of rotatable bonds is 8. The van der Waals surface area contributed by atoms with E-state index in [2.05, 4.69) is 11.9 Å². The minimum atomic E-state index is -0.218. The van der Waals surface area contributed by atoms with E-state index in [1.54, 1.807) is 11.1 Å². The van der Waals surface area contributed by atoms with Crippen LogP contribution in [-0.2, 0) is 11.3 Å². The van der Waals surface area contributed by atoms with Crippen molar-refractivity contribution < 1.29 is 19.0 Å². The Morgan fingerprint density at radius 3 is 2.61 bits per heavy atom. The first-order valence-electron chi connectivity index (χ1n) is 9.95. The lowest BCUT2D eigenvalue weighted by Gasteiger charge is -2.31. The van der Waals surface area contributed by atoms with Gasteiger partial charge in [-0.3, -0.25) is 0 Å². The summed E-state index contributed by atoms with van der Waals surface area (Å²) in [6.07, 6.45) is 4.99. The molecular weight excluding hydrogens is 356 g/mol. The van der Waals surface area contributed by atoms with Crippen LogP contribution in [0.15, 0.2) is 48.7 Å². The number of benzene rings is 1. The zero-order chi connectivity index (χ0) is 19.6. The van der Waals surface area contributed by atoms with Gasteiger partial charge >= 0.3 is 6.09 Å². The maximum absolute atomic E-state index is 12.0. The second kappa shape index (κ2) is 10.5. The van der Waals surface area contributed by atoms with Crippen molar-refractivity contribution in [2.45, 2.75) is 45.3 Å². The molecule has 2 aromatic rings. The Morgan fingerprint density at radius 2 is 1.93 bits per heavy atom. The molecule has 1 aliphatic heterocycles. The molecule has 6 heteroatoms. The third-order valence-electron chi connectivity index (χ3n) is 4.67. The molecule has 1 fully saturated rings. The molecule has 0 bridgehead atoms. The summed E-state index contributed by atoms with van der Waals surface area (Å²) >= 11 is 0. The van der Waals surface area contributed by atoms with Crippen molar-refractivity contribution in [3.63, 3.8) is 0 Å². The molecule has 1 aliphatic rings. The van der Waals surface area contributed by atoms with Crippen molar-refractivity contribution in [1.29, 1.82) is 0 Å². The number of hydrogen-bond acceptors (Lipinski definition) is 5. The lowest BCUT2D eigenvalue weighted by atomic mass is 10.1. The SMILES string of the molecule is CCCCOC(=O)N1CCC(Oc2ccc(OCc3ccccc3)cn2)CC1. The molecule has 0 spiro atoms. The van der Waals surface area contributed by atoms with E-state index in [4.69, 9.17) is 14.2 Å². The Hall–Kier alpha value is -2.76. The van der Waals surface area contributed by atoms with E-state index in [0.717, 1.165) is 31.2 Å². The average Bonchev–Trinajstić information content (AvgIpc) is 2.75. The third-order valence-corrected chi connectivity index (χ3v) is 4.67. The predicted molar refractivity (Wildman–Crippen MR) is 106 cm³/mol. The van der Waals surface area contributed by atoms with Gasteiger partial charge in [-0.15, -0.1) is 0 Å². The highest BCUT2D eigenvalue weighted by Gasteiger charge is 2.25. The van der Waals surface area contributed by atoms with Crippen molar-refractivity contribution in [2.75, 3.05) is 19.7 Å². The van der Waals surface area contributed by atoms with Crippen LogP contribution >= 0.6 is 0 Å². The number of carbonyl (C=O) groups is 1. The van der Waals surface area contributed by atoms with Crippen LogP contribution in [0.1, 0.15) is 38.2 Å². The number of unbranched alkanes of at least 4 members (excludes halogenated alkanes) is 1. The van der Waals surface area contributed by atoms with Crippen LogP contribution in [0.25, 0.3) is 0 Å². The van der Waals surface area contributed by atoms with E-state index >= 15 is 0 Å². The molecule has 1 saturated heterocycles. The summed E-state index contributed by atoms with van der Waals surface area (Å²) in [7, 11) is 0. The van der Waals surface area contributed by atoms with Gasteiger partial charge in [0.15, 0.2) is 0 Å². The van der Waals surface area contributed by atoms with E-state index < -0.39 is 0 Å². The van der Waals surface area contributed by atoms with Crippen LogP contribution in [0.2, 0.25) is 0 Å². The van der Waals surface area contributed by atoms with Gasteiger partial charge in [-0.25, -0.2) is 9.78 Å². The van der Waals surface area contributed by atoms with Crippen LogP contribution in [0, 0.1) is 0 Å². The van der Waals surface area contributed by atoms with Gasteiger partial charge in [0.1, 0.15) is 18.5 Å². The smallest absolute Gasteiger partial charge is 0.409 e. The second-order valence-electron chi connectivity index (χ2n) is 6.88. The number of hydrogen-bond donors (Lipinski definition) is 0. The normalized spacial score (nSPS) is 14.5. The number of aromatic nitrogens is 1. The topological polar surface area (TPSA) is 60.9 Å². The van der Waals surface area contributed by atoms with Crippen LogP contribution in [-0.4, -0.2) is 41.8 Å². The Kier molecular flexibility index (Phi) is 7.53. The highest BCUT2D eigenvalue weighted by Crippen LogP contribution is 2.20. The minimum Gasteiger partial charge on any atom is -0.487 e. The molecule has 0 saturated carbocycles. The number of carbonyl (C=O) groups excluding carboxylic acids is 1. The quantitative estimate of drug-likeness (QED) is 0.630. The molecular formula is C22H28N2O4. The zero-order valence-electron chi connectivity index (χ0n) is 16.4. The lowest BCUT2D eigenvalue weighted by molar-refractivity contribution is 0.0656.